The summed E-state index contributed by atoms with van der Waals surface area (Å²) in [5.41, 5.74) is 2.47. The quantitative estimate of drug-likeness (QED) is 0.115. The topological polar surface area (TPSA) is 185 Å². The van der Waals surface area contributed by atoms with Gasteiger partial charge in [0, 0.05) is 31.3 Å². The van der Waals surface area contributed by atoms with Crippen LogP contribution in [0, 0.1) is 5.92 Å². The van der Waals surface area contributed by atoms with Crippen LogP contribution in [0.5, 0.6) is 0 Å². The highest BCUT2D eigenvalue weighted by Gasteiger charge is 2.45. The van der Waals surface area contributed by atoms with Crippen LogP contribution in [-0.4, -0.2) is 85.3 Å². The Morgan fingerprint density at radius 2 is 1.86 bits per heavy atom. The van der Waals surface area contributed by atoms with Gasteiger partial charge in [-0.05, 0) is 93.1 Å². The highest BCUT2D eigenvalue weighted by Crippen LogP contribution is 2.32. The summed E-state index contributed by atoms with van der Waals surface area (Å²) in [7, 11) is 1.94. The van der Waals surface area contributed by atoms with Crippen LogP contribution in [-0.2, 0) is 22.6 Å². The lowest BCUT2D eigenvalue weighted by molar-refractivity contribution is -0.136. The number of oxazole rings is 1. The number of benzene rings is 2. The van der Waals surface area contributed by atoms with Crippen molar-refractivity contribution in [3.63, 3.8) is 0 Å². The minimum atomic E-state index is -2.96. The number of imide groups is 2. The number of carbonyl (C=O) groups excluding carboxylic acids is 5. The number of nitrogens with zero attached hydrogens (tertiary/aromatic N) is 6. The number of alkyl halides is 2. The van der Waals surface area contributed by atoms with Gasteiger partial charge >= 0.3 is 0 Å². The molecular formula is C41H39F2N9O6. The summed E-state index contributed by atoms with van der Waals surface area (Å²) < 4.78 is 35.0. The number of aromatic nitrogens is 4. The molecule has 3 aromatic heterocycles. The molecule has 3 aliphatic rings. The maximum Gasteiger partial charge on any atom is 0.284 e. The Balaban J connectivity index is 0.862. The number of halogens is 2. The van der Waals surface area contributed by atoms with Crippen molar-refractivity contribution in [2.24, 2.45) is 5.92 Å². The largest absolute Gasteiger partial charge is 0.444 e. The summed E-state index contributed by atoms with van der Waals surface area (Å²) in [5, 5.41) is 12.1. The highest BCUT2D eigenvalue weighted by atomic mass is 19.3. The van der Waals surface area contributed by atoms with Gasteiger partial charge in [0.15, 0.2) is 11.4 Å². The normalized spacial score (nSPS) is 16.6. The van der Waals surface area contributed by atoms with E-state index in [1.807, 2.05) is 19.2 Å². The third-order valence-corrected chi connectivity index (χ3v) is 10.4. The van der Waals surface area contributed by atoms with E-state index in [1.165, 1.54) is 30.0 Å². The van der Waals surface area contributed by atoms with Crippen LogP contribution >= 0.6 is 0 Å². The summed E-state index contributed by atoms with van der Waals surface area (Å²) in [6.45, 7) is 2.04. The lowest BCUT2D eigenvalue weighted by Gasteiger charge is -2.27. The van der Waals surface area contributed by atoms with Gasteiger partial charge in [-0.15, -0.1) is 0 Å². The molecule has 298 valence electrons. The average Bonchev–Trinajstić information content (AvgIpc) is 3.61. The zero-order valence-electron chi connectivity index (χ0n) is 31.4. The fourth-order valence-corrected chi connectivity index (χ4v) is 7.18. The van der Waals surface area contributed by atoms with Crippen LogP contribution in [0.1, 0.15) is 86.6 Å². The van der Waals surface area contributed by atoms with E-state index in [0.29, 0.717) is 60.0 Å². The van der Waals surface area contributed by atoms with Gasteiger partial charge < -0.3 is 20.0 Å². The number of pyridine rings is 1. The first kappa shape index (κ1) is 38.3. The molecule has 3 N–H and O–H groups in total. The molecule has 1 saturated carbocycles. The summed E-state index contributed by atoms with van der Waals surface area (Å²) in [5.74, 6) is -1.37. The van der Waals surface area contributed by atoms with Crippen LogP contribution in [0.15, 0.2) is 77.7 Å². The second kappa shape index (κ2) is 16.1. The molecule has 1 aliphatic carbocycles. The van der Waals surface area contributed by atoms with Gasteiger partial charge in [-0.3, -0.25) is 34.2 Å². The van der Waals surface area contributed by atoms with Gasteiger partial charge in [0.1, 0.15) is 18.1 Å². The molecule has 2 aromatic carbocycles. The van der Waals surface area contributed by atoms with Crippen molar-refractivity contribution in [2.75, 3.05) is 30.8 Å². The first-order valence-corrected chi connectivity index (χ1v) is 19.0. The summed E-state index contributed by atoms with van der Waals surface area (Å²) >= 11 is 0. The Morgan fingerprint density at radius 1 is 1.05 bits per heavy atom. The van der Waals surface area contributed by atoms with E-state index in [2.05, 4.69) is 35.9 Å². The van der Waals surface area contributed by atoms with Crippen molar-refractivity contribution in [2.45, 2.75) is 57.5 Å². The summed E-state index contributed by atoms with van der Waals surface area (Å²) in [4.78, 5) is 75.4. The van der Waals surface area contributed by atoms with Crippen molar-refractivity contribution in [1.29, 1.82) is 0 Å². The molecule has 5 amide bonds. The molecule has 2 aliphatic heterocycles. The number of nitrogens with one attached hydrogen (secondary N) is 3. The molecule has 5 aromatic rings. The Kier molecular flexibility index (Phi) is 10.6. The number of hydrogen-bond donors (Lipinski definition) is 3. The summed E-state index contributed by atoms with van der Waals surface area (Å²) in [6.07, 6.45) is 4.85. The van der Waals surface area contributed by atoms with Crippen molar-refractivity contribution in [3.05, 3.63) is 107 Å². The first-order chi connectivity index (χ1) is 28.0. The number of anilines is 2. The van der Waals surface area contributed by atoms with Crippen molar-refractivity contribution >= 4 is 41.0 Å². The maximum atomic E-state index is 14.1. The molecule has 15 nitrogen and oxygen atoms in total. The average molecular weight is 792 g/mol. The smallest absolute Gasteiger partial charge is 0.284 e. The Bertz CT molecular complexity index is 2410. The molecule has 2 fully saturated rings. The van der Waals surface area contributed by atoms with E-state index >= 15 is 0 Å². The molecule has 0 spiro atoms. The molecule has 5 heterocycles. The van der Waals surface area contributed by atoms with Gasteiger partial charge in [-0.1, -0.05) is 24.3 Å². The number of fused-ring (bicyclic) bond motifs is 1. The Hall–Kier alpha value is -6.62. The van der Waals surface area contributed by atoms with Crippen molar-refractivity contribution in [3.8, 4) is 17.1 Å². The van der Waals surface area contributed by atoms with Gasteiger partial charge in [-0.2, -0.15) is 5.10 Å². The number of piperidine rings is 1. The van der Waals surface area contributed by atoms with E-state index in [9.17, 15) is 32.8 Å². The minimum Gasteiger partial charge on any atom is -0.444 e. The van der Waals surface area contributed by atoms with E-state index in [1.54, 1.807) is 48.7 Å². The van der Waals surface area contributed by atoms with Gasteiger partial charge in [0.2, 0.25) is 17.7 Å². The number of carbonyl (C=O) groups is 5. The molecule has 1 saturated heterocycles. The lowest BCUT2D eigenvalue weighted by Crippen LogP contribution is -2.54. The maximum absolute atomic E-state index is 14.1. The molecule has 1 atom stereocenters. The molecule has 8 rings (SSSR count). The summed E-state index contributed by atoms with van der Waals surface area (Å²) in [6, 6.07) is 14.8. The fraction of sp³-hybridized carbons (Fsp3) is 0.317. The molecule has 58 heavy (non-hydrogen) atoms. The molecule has 0 bridgehead atoms. The lowest BCUT2D eigenvalue weighted by atomic mass is 9.99. The third kappa shape index (κ3) is 8.11. The van der Waals surface area contributed by atoms with E-state index < -0.39 is 47.7 Å². The second-order valence-corrected chi connectivity index (χ2v) is 14.7. The third-order valence-electron chi connectivity index (χ3n) is 10.4. The second-order valence-electron chi connectivity index (χ2n) is 14.7. The van der Waals surface area contributed by atoms with Gasteiger partial charge in [0.25, 0.3) is 24.1 Å². The number of hydrogen-bond acceptors (Lipinski definition) is 11. The van der Waals surface area contributed by atoms with E-state index in [4.69, 9.17) is 4.42 Å². The van der Waals surface area contributed by atoms with Gasteiger partial charge in [0.05, 0.1) is 28.7 Å². The van der Waals surface area contributed by atoms with E-state index in [-0.39, 0.29) is 35.7 Å². The fourth-order valence-electron chi connectivity index (χ4n) is 7.18. The zero-order chi connectivity index (χ0) is 40.5. The molecule has 1 unspecified atom stereocenters. The number of aryl methyl sites for hydroxylation is 1. The zero-order valence-corrected chi connectivity index (χ0v) is 31.4. The Morgan fingerprint density at radius 3 is 2.62 bits per heavy atom. The van der Waals surface area contributed by atoms with Crippen LogP contribution < -0.4 is 16.0 Å². The minimum absolute atomic E-state index is 0.0511. The molecule has 0 radical (unpaired) electrons. The standard InChI is InChI=1S/C41H39F2N9O6/c1-50(17-3-5-25-4-2-6-28-34(25)41(57)52(40(28)56)31-13-14-33(53)48-38(31)55)20-24-9-11-27(12-10-24)51-21-29(35(49-51)36(42)43)46-37(54)30-22-58-39(47-30)26-15-16-44-32(18-26)45-19-23-7-8-23/h2,4,6,9-12,15-16,18,21-23,31,36H,3,5,7-8,13-14,17,19-20H2,1H3,(H,44,45)(H,46,54)(H,48,53,55). The van der Waals surface area contributed by atoms with Crippen LogP contribution in [0.4, 0.5) is 20.3 Å². The van der Waals surface area contributed by atoms with Gasteiger partial charge in [-0.25, -0.2) is 23.4 Å². The number of amides is 5. The number of rotatable bonds is 15. The SMILES string of the molecule is CN(CCCc1cccc2c1C(=O)N(C1CCC(=O)NC1=O)C2=O)Cc1ccc(-n2cc(NC(=O)c3coc(-c4ccnc(NCC5CC5)c4)n3)c(C(F)F)n2)cc1. The van der Waals surface area contributed by atoms with Crippen LogP contribution in [0.25, 0.3) is 17.1 Å². The molecular weight excluding hydrogens is 753 g/mol. The van der Waals surface area contributed by atoms with Crippen LogP contribution in [0.3, 0.4) is 0 Å². The first-order valence-electron chi connectivity index (χ1n) is 19.0. The molecule has 17 heteroatoms. The Labute approximate surface area is 330 Å². The predicted molar refractivity (Wildman–Crippen MR) is 205 cm³/mol. The van der Waals surface area contributed by atoms with Crippen molar-refractivity contribution in [1.82, 2.24) is 34.9 Å². The highest BCUT2D eigenvalue weighted by molar-refractivity contribution is 6.24. The predicted octanol–water partition coefficient (Wildman–Crippen LogP) is 5.40. The van der Waals surface area contributed by atoms with E-state index in [0.717, 1.165) is 17.0 Å². The monoisotopic (exact) mass is 791 g/mol. The van der Waals surface area contributed by atoms with Crippen LogP contribution in [0.2, 0.25) is 0 Å². The van der Waals surface area contributed by atoms with Crippen molar-refractivity contribution < 1.29 is 37.2 Å².